The molecule has 0 radical (unpaired) electrons. The number of rotatable bonds is 3. The number of furan rings is 1. The van der Waals surface area contributed by atoms with Crippen molar-refractivity contribution < 1.29 is 4.42 Å². The summed E-state index contributed by atoms with van der Waals surface area (Å²) in [6, 6.07) is 2.67. The van der Waals surface area contributed by atoms with E-state index in [-0.39, 0.29) is 0 Å². The van der Waals surface area contributed by atoms with Crippen LogP contribution in [0, 0.1) is 5.41 Å². The molecule has 0 aromatic carbocycles. The first-order valence-corrected chi connectivity index (χ1v) is 7.64. The van der Waals surface area contributed by atoms with Crippen molar-refractivity contribution in [3.05, 3.63) is 23.7 Å². The van der Waals surface area contributed by atoms with Crippen molar-refractivity contribution in [1.29, 1.82) is 0 Å². The van der Waals surface area contributed by atoms with Gasteiger partial charge in [0.2, 0.25) is 0 Å². The number of hydrogen-bond acceptors (Lipinski definition) is 3. The van der Waals surface area contributed by atoms with Gasteiger partial charge in [0.1, 0.15) is 5.76 Å². The van der Waals surface area contributed by atoms with Crippen LogP contribution < -0.4 is 5.32 Å². The Morgan fingerprint density at radius 3 is 3.00 bits per heavy atom. The topological polar surface area (TPSA) is 28.4 Å². The molecule has 1 saturated heterocycles. The van der Waals surface area contributed by atoms with Crippen LogP contribution in [0.25, 0.3) is 0 Å². The molecule has 1 aliphatic heterocycles. The molecular weight excluding hydrogens is 236 g/mol. The second-order valence-electron chi connectivity index (χ2n) is 6.74. The van der Waals surface area contributed by atoms with Gasteiger partial charge >= 0.3 is 0 Å². The molecular formula is C16H26N2O. The van der Waals surface area contributed by atoms with Crippen LogP contribution in [0.2, 0.25) is 0 Å². The molecule has 0 bridgehead atoms. The van der Waals surface area contributed by atoms with Crippen LogP contribution in [0.5, 0.6) is 0 Å². The fourth-order valence-corrected chi connectivity index (χ4v) is 3.40. The van der Waals surface area contributed by atoms with Gasteiger partial charge < -0.3 is 14.6 Å². The molecule has 1 fully saturated rings. The van der Waals surface area contributed by atoms with E-state index in [1.54, 1.807) is 0 Å². The standard InChI is InChI=1S/C16H26N2O/c1-16(7-9-18(2)10-8-16)12-17-14-4-3-5-15-13(14)6-11-19-15/h6,11,14,17H,3-5,7-10,12H2,1-2H3. The van der Waals surface area contributed by atoms with Gasteiger partial charge in [-0.1, -0.05) is 6.92 Å². The SMILES string of the molecule is CN1CCC(C)(CNC2CCCc3occc32)CC1. The Bertz CT molecular complexity index is 418. The summed E-state index contributed by atoms with van der Waals surface area (Å²) in [6.07, 6.45) is 8.08. The second kappa shape index (κ2) is 5.29. The number of nitrogens with zero attached hydrogens (tertiary/aromatic N) is 1. The van der Waals surface area contributed by atoms with Gasteiger partial charge in [0.15, 0.2) is 0 Å². The molecule has 1 aliphatic carbocycles. The highest BCUT2D eigenvalue weighted by Gasteiger charge is 2.30. The zero-order valence-corrected chi connectivity index (χ0v) is 12.2. The molecule has 3 nitrogen and oxygen atoms in total. The third kappa shape index (κ3) is 2.87. The van der Waals surface area contributed by atoms with E-state index >= 15 is 0 Å². The molecule has 1 atom stereocenters. The van der Waals surface area contributed by atoms with E-state index < -0.39 is 0 Å². The number of piperidine rings is 1. The number of hydrogen-bond donors (Lipinski definition) is 1. The van der Waals surface area contributed by atoms with Gasteiger partial charge in [-0.3, -0.25) is 0 Å². The fraction of sp³-hybridized carbons (Fsp3) is 0.750. The molecule has 1 aromatic heterocycles. The molecule has 1 aromatic rings. The normalized spacial score (nSPS) is 27.2. The molecule has 106 valence electrons. The summed E-state index contributed by atoms with van der Waals surface area (Å²) >= 11 is 0. The third-order valence-electron chi connectivity index (χ3n) is 5.02. The molecule has 19 heavy (non-hydrogen) atoms. The van der Waals surface area contributed by atoms with Crippen molar-refractivity contribution >= 4 is 0 Å². The smallest absolute Gasteiger partial charge is 0.108 e. The Morgan fingerprint density at radius 2 is 2.21 bits per heavy atom. The Kier molecular flexibility index (Phi) is 3.68. The lowest BCUT2D eigenvalue weighted by atomic mass is 9.80. The van der Waals surface area contributed by atoms with Crippen LogP contribution in [-0.2, 0) is 6.42 Å². The van der Waals surface area contributed by atoms with Crippen LogP contribution in [-0.4, -0.2) is 31.6 Å². The van der Waals surface area contributed by atoms with Crippen molar-refractivity contribution in [1.82, 2.24) is 10.2 Å². The lowest BCUT2D eigenvalue weighted by Crippen LogP contribution is -2.43. The minimum atomic E-state index is 0.466. The van der Waals surface area contributed by atoms with Crippen LogP contribution in [0.4, 0.5) is 0 Å². The van der Waals surface area contributed by atoms with Crippen molar-refractivity contribution in [3.8, 4) is 0 Å². The minimum absolute atomic E-state index is 0.466. The predicted molar refractivity (Wildman–Crippen MR) is 77.2 cm³/mol. The average molecular weight is 262 g/mol. The highest BCUT2D eigenvalue weighted by atomic mass is 16.3. The summed E-state index contributed by atoms with van der Waals surface area (Å²) in [6.45, 7) is 6.04. The highest BCUT2D eigenvalue weighted by Crippen LogP contribution is 2.34. The summed E-state index contributed by atoms with van der Waals surface area (Å²) in [4.78, 5) is 2.44. The van der Waals surface area contributed by atoms with Gasteiger partial charge in [-0.05, 0) is 57.3 Å². The molecule has 0 spiro atoms. The van der Waals surface area contributed by atoms with E-state index in [1.165, 1.54) is 50.1 Å². The number of aryl methyl sites for hydroxylation is 1. The molecule has 0 amide bonds. The molecule has 2 aliphatic rings. The van der Waals surface area contributed by atoms with Gasteiger partial charge in [-0.25, -0.2) is 0 Å². The van der Waals surface area contributed by atoms with E-state index in [0.29, 0.717) is 11.5 Å². The maximum Gasteiger partial charge on any atom is 0.108 e. The fourth-order valence-electron chi connectivity index (χ4n) is 3.40. The van der Waals surface area contributed by atoms with Crippen LogP contribution in [0.1, 0.15) is 50.0 Å². The maximum absolute atomic E-state index is 5.57. The predicted octanol–water partition coefficient (Wildman–Crippen LogP) is 2.98. The van der Waals surface area contributed by atoms with E-state index in [1.807, 2.05) is 6.26 Å². The summed E-state index contributed by atoms with van der Waals surface area (Å²) in [5.74, 6) is 1.21. The first kappa shape index (κ1) is 13.2. The zero-order chi connectivity index (χ0) is 13.3. The van der Waals surface area contributed by atoms with Crippen molar-refractivity contribution in [2.24, 2.45) is 5.41 Å². The summed E-state index contributed by atoms with van der Waals surface area (Å²) < 4.78 is 5.57. The van der Waals surface area contributed by atoms with E-state index in [2.05, 4.69) is 30.3 Å². The molecule has 1 unspecified atom stereocenters. The summed E-state index contributed by atoms with van der Waals surface area (Å²) in [5.41, 5.74) is 1.87. The van der Waals surface area contributed by atoms with Crippen molar-refractivity contribution in [3.63, 3.8) is 0 Å². The summed E-state index contributed by atoms with van der Waals surface area (Å²) in [7, 11) is 2.23. The van der Waals surface area contributed by atoms with Crippen LogP contribution >= 0.6 is 0 Å². The van der Waals surface area contributed by atoms with E-state index in [0.717, 1.165) is 13.0 Å². The van der Waals surface area contributed by atoms with Gasteiger partial charge in [-0.15, -0.1) is 0 Å². The van der Waals surface area contributed by atoms with Gasteiger partial charge in [0.05, 0.1) is 6.26 Å². The lowest BCUT2D eigenvalue weighted by molar-refractivity contribution is 0.132. The zero-order valence-electron chi connectivity index (χ0n) is 12.2. The molecule has 3 heteroatoms. The van der Waals surface area contributed by atoms with Crippen LogP contribution in [0.3, 0.4) is 0 Å². The van der Waals surface area contributed by atoms with Crippen LogP contribution in [0.15, 0.2) is 16.7 Å². The summed E-state index contributed by atoms with van der Waals surface area (Å²) in [5, 5.41) is 3.81. The number of nitrogens with one attached hydrogen (secondary N) is 1. The molecule has 2 heterocycles. The highest BCUT2D eigenvalue weighted by molar-refractivity contribution is 5.24. The Morgan fingerprint density at radius 1 is 1.42 bits per heavy atom. The number of likely N-dealkylation sites (tertiary alicyclic amines) is 1. The van der Waals surface area contributed by atoms with E-state index in [4.69, 9.17) is 4.42 Å². The Labute approximate surface area is 116 Å². The quantitative estimate of drug-likeness (QED) is 0.908. The second-order valence-corrected chi connectivity index (χ2v) is 6.74. The Balaban J connectivity index is 1.59. The maximum atomic E-state index is 5.57. The average Bonchev–Trinajstić information content (AvgIpc) is 2.89. The lowest BCUT2D eigenvalue weighted by Gasteiger charge is -2.39. The molecule has 3 rings (SSSR count). The molecule has 1 N–H and O–H groups in total. The first-order valence-electron chi connectivity index (χ1n) is 7.64. The van der Waals surface area contributed by atoms with Gasteiger partial charge in [-0.2, -0.15) is 0 Å². The van der Waals surface area contributed by atoms with Gasteiger partial charge in [0.25, 0.3) is 0 Å². The third-order valence-corrected chi connectivity index (χ3v) is 5.02. The Hall–Kier alpha value is -0.800. The number of fused-ring (bicyclic) bond motifs is 1. The van der Waals surface area contributed by atoms with E-state index in [9.17, 15) is 0 Å². The van der Waals surface area contributed by atoms with Gasteiger partial charge in [0, 0.05) is 24.6 Å². The molecule has 0 saturated carbocycles. The largest absolute Gasteiger partial charge is 0.469 e. The minimum Gasteiger partial charge on any atom is -0.469 e. The van der Waals surface area contributed by atoms with Crippen molar-refractivity contribution in [2.75, 3.05) is 26.7 Å². The monoisotopic (exact) mass is 262 g/mol. The van der Waals surface area contributed by atoms with Crippen molar-refractivity contribution in [2.45, 2.75) is 45.1 Å². The first-order chi connectivity index (χ1) is 9.16.